The Hall–Kier alpha value is -0.580. The van der Waals surface area contributed by atoms with Crippen LogP contribution >= 0.6 is 11.3 Å². The average Bonchev–Trinajstić information content (AvgIpc) is 2.47. The number of rotatable bonds is 2. The van der Waals surface area contributed by atoms with E-state index in [4.69, 9.17) is 5.73 Å². The van der Waals surface area contributed by atoms with E-state index in [9.17, 15) is 0 Å². The van der Waals surface area contributed by atoms with Gasteiger partial charge in [-0.2, -0.15) is 0 Å². The van der Waals surface area contributed by atoms with Gasteiger partial charge in [0.15, 0.2) is 0 Å². The third kappa shape index (κ3) is 2.26. The van der Waals surface area contributed by atoms with Gasteiger partial charge < -0.3 is 11.1 Å². The Labute approximate surface area is 88.9 Å². The van der Waals surface area contributed by atoms with Crippen molar-refractivity contribution in [1.29, 1.82) is 0 Å². The maximum absolute atomic E-state index is 5.93. The Morgan fingerprint density at radius 3 is 2.79 bits per heavy atom. The lowest BCUT2D eigenvalue weighted by Gasteiger charge is -2.26. The molecule has 0 radical (unpaired) electrons. The lowest BCUT2D eigenvalue weighted by atomic mass is 10.3. The zero-order chi connectivity index (χ0) is 9.97. The van der Waals surface area contributed by atoms with Gasteiger partial charge in [-0.25, -0.2) is 0 Å². The van der Waals surface area contributed by atoms with E-state index >= 15 is 0 Å². The van der Waals surface area contributed by atoms with Gasteiger partial charge in [0.05, 0.1) is 0 Å². The summed E-state index contributed by atoms with van der Waals surface area (Å²) in [6.45, 7) is 7.61. The summed E-state index contributed by atoms with van der Waals surface area (Å²) in [4.78, 5) is 5.09. The zero-order valence-electron chi connectivity index (χ0n) is 8.55. The molecule has 1 saturated heterocycles. The number of aryl methyl sites for hydroxylation is 1. The fourth-order valence-corrected chi connectivity index (χ4v) is 2.78. The van der Waals surface area contributed by atoms with Gasteiger partial charge in [-0.15, -0.1) is 11.3 Å². The van der Waals surface area contributed by atoms with Crippen molar-refractivity contribution in [3.05, 3.63) is 15.8 Å². The lowest BCUT2D eigenvalue weighted by Crippen LogP contribution is -2.42. The van der Waals surface area contributed by atoms with Crippen LogP contribution in [0.3, 0.4) is 0 Å². The summed E-state index contributed by atoms with van der Waals surface area (Å²) in [5.74, 6) is 0. The van der Waals surface area contributed by atoms with Crippen LogP contribution in [0.4, 0.5) is 5.69 Å². The molecule has 0 spiro atoms. The number of nitrogen functional groups attached to an aromatic ring is 1. The molecule has 2 rings (SSSR count). The second-order valence-corrected chi connectivity index (χ2v) is 5.10. The third-order valence-electron chi connectivity index (χ3n) is 2.54. The summed E-state index contributed by atoms with van der Waals surface area (Å²) in [5, 5.41) is 3.35. The number of hydrogen-bond donors (Lipinski definition) is 2. The summed E-state index contributed by atoms with van der Waals surface area (Å²) in [6.07, 6.45) is 0. The molecule has 1 aromatic heterocycles. The highest BCUT2D eigenvalue weighted by Crippen LogP contribution is 2.25. The third-order valence-corrected chi connectivity index (χ3v) is 3.59. The molecule has 1 aromatic rings. The predicted octanol–water partition coefficient (Wildman–Crippen LogP) is 1.04. The highest BCUT2D eigenvalue weighted by molar-refractivity contribution is 7.12. The first-order valence-electron chi connectivity index (χ1n) is 5.03. The minimum atomic E-state index is 0.964. The van der Waals surface area contributed by atoms with Crippen LogP contribution in [-0.2, 0) is 6.54 Å². The normalized spacial score (nSPS) is 18.6. The Kier molecular flexibility index (Phi) is 3.05. The minimum absolute atomic E-state index is 0.964. The quantitative estimate of drug-likeness (QED) is 0.768. The monoisotopic (exact) mass is 211 g/mol. The molecule has 4 heteroatoms. The molecule has 78 valence electrons. The molecule has 14 heavy (non-hydrogen) atoms. The first-order chi connectivity index (χ1) is 6.75. The molecule has 0 amide bonds. The van der Waals surface area contributed by atoms with Gasteiger partial charge in [-0.3, -0.25) is 4.90 Å². The fraction of sp³-hybridized carbons (Fsp3) is 0.600. The first-order valence-corrected chi connectivity index (χ1v) is 5.85. The van der Waals surface area contributed by atoms with Crippen molar-refractivity contribution in [3.63, 3.8) is 0 Å². The summed E-state index contributed by atoms with van der Waals surface area (Å²) in [7, 11) is 0. The standard InChI is InChI=1S/C10H17N3S/c1-8-6-9(11)10(14-8)7-13-4-2-12-3-5-13/h6,12H,2-5,7,11H2,1H3. The van der Waals surface area contributed by atoms with Crippen LogP contribution in [0.5, 0.6) is 0 Å². The number of anilines is 1. The van der Waals surface area contributed by atoms with Crippen molar-refractivity contribution in [2.45, 2.75) is 13.5 Å². The maximum Gasteiger partial charge on any atom is 0.0471 e. The SMILES string of the molecule is Cc1cc(N)c(CN2CCNCC2)s1. The summed E-state index contributed by atoms with van der Waals surface area (Å²) in [6, 6.07) is 2.07. The van der Waals surface area contributed by atoms with E-state index < -0.39 is 0 Å². The molecule has 0 bridgehead atoms. The molecule has 0 atom stereocenters. The average molecular weight is 211 g/mol. The number of nitrogens with zero attached hydrogens (tertiary/aromatic N) is 1. The molecule has 1 aliphatic heterocycles. The Morgan fingerprint density at radius 2 is 2.21 bits per heavy atom. The highest BCUT2D eigenvalue weighted by atomic mass is 32.1. The molecule has 0 aliphatic carbocycles. The van der Waals surface area contributed by atoms with Crippen LogP contribution in [0.25, 0.3) is 0 Å². The molecule has 1 aliphatic rings. The van der Waals surface area contributed by atoms with Gasteiger partial charge in [-0.1, -0.05) is 0 Å². The number of nitrogens with two attached hydrogens (primary N) is 1. The smallest absolute Gasteiger partial charge is 0.0471 e. The van der Waals surface area contributed by atoms with Crippen LogP contribution < -0.4 is 11.1 Å². The molecule has 2 heterocycles. The van der Waals surface area contributed by atoms with Gasteiger partial charge in [0.25, 0.3) is 0 Å². The number of hydrogen-bond acceptors (Lipinski definition) is 4. The topological polar surface area (TPSA) is 41.3 Å². The summed E-state index contributed by atoms with van der Waals surface area (Å²) < 4.78 is 0. The van der Waals surface area contributed by atoms with Gasteiger partial charge in [0, 0.05) is 48.2 Å². The highest BCUT2D eigenvalue weighted by Gasteiger charge is 2.12. The van der Waals surface area contributed by atoms with Crippen molar-refractivity contribution in [3.8, 4) is 0 Å². The van der Waals surface area contributed by atoms with Crippen molar-refractivity contribution in [2.24, 2.45) is 0 Å². The largest absolute Gasteiger partial charge is 0.398 e. The van der Waals surface area contributed by atoms with Crippen LogP contribution in [0.15, 0.2) is 6.07 Å². The zero-order valence-corrected chi connectivity index (χ0v) is 9.36. The van der Waals surface area contributed by atoms with Crippen LogP contribution in [0.2, 0.25) is 0 Å². The second kappa shape index (κ2) is 4.29. The van der Waals surface area contributed by atoms with Crippen molar-refractivity contribution in [1.82, 2.24) is 10.2 Å². The lowest BCUT2D eigenvalue weighted by molar-refractivity contribution is 0.235. The van der Waals surface area contributed by atoms with E-state index in [1.165, 1.54) is 9.75 Å². The van der Waals surface area contributed by atoms with Crippen molar-refractivity contribution in [2.75, 3.05) is 31.9 Å². The van der Waals surface area contributed by atoms with Gasteiger partial charge >= 0.3 is 0 Å². The van der Waals surface area contributed by atoms with E-state index in [2.05, 4.69) is 23.2 Å². The minimum Gasteiger partial charge on any atom is -0.398 e. The van der Waals surface area contributed by atoms with Gasteiger partial charge in [0.1, 0.15) is 0 Å². The number of nitrogens with one attached hydrogen (secondary N) is 1. The Morgan fingerprint density at radius 1 is 1.50 bits per heavy atom. The fourth-order valence-electron chi connectivity index (χ4n) is 1.78. The van der Waals surface area contributed by atoms with E-state index in [1.54, 1.807) is 0 Å². The molecule has 3 N–H and O–H groups in total. The summed E-state index contributed by atoms with van der Waals surface area (Å²) >= 11 is 1.82. The maximum atomic E-state index is 5.93. The Balaban J connectivity index is 1.98. The first kappa shape index (κ1) is 9.96. The van der Waals surface area contributed by atoms with E-state index in [-0.39, 0.29) is 0 Å². The number of thiophene rings is 1. The van der Waals surface area contributed by atoms with E-state index in [0.29, 0.717) is 0 Å². The molecule has 1 fully saturated rings. The Bertz CT molecular complexity index is 302. The molecular formula is C10H17N3S. The van der Waals surface area contributed by atoms with Crippen molar-refractivity contribution >= 4 is 17.0 Å². The van der Waals surface area contributed by atoms with E-state index in [1.807, 2.05) is 11.3 Å². The molecule has 0 unspecified atom stereocenters. The summed E-state index contributed by atoms with van der Waals surface area (Å²) in [5.41, 5.74) is 6.89. The molecule has 3 nitrogen and oxygen atoms in total. The van der Waals surface area contributed by atoms with Gasteiger partial charge in [-0.05, 0) is 13.0 Å². The predicted molar refractivity (Wildman–Crippen MR) is 61.6 cm³/mol. The van der Waals surface area contributed by atoms with Crippen LogP contribution in [-0.4, -0.2) is 31.1 Å². The molecule has 0 aromatic carbocycles. The van der Waals surface area contributed by atoms with Crippen LogP contribution in [0, 0.1) is 6.92 Å². The number of piperazine rings is 1. The second-order valence-electron chi connectivity index (χ2n) is 3.76. The van der Waals surface area contributed by atoms with Gasteiger partial charge in [0.2, 0.25) is 0 Å². The molecular weight excluding hydrogens is 194 g/mol. The van der Waals surface area contributed by atoms with Crippen molar-refractivity contribution < 1.29 is 0 Å². The van der Waals surface area contributed by atoms with Crippen LogP contribution in [0.1, 0.15) is 9.75 Å². The molecule has 0 saturated carbocycles. The van der Waals surface area contributed by atoms with E-state index in [0.717, 1.165) is 38.4 Å².